The minimum Gasteiger partial charge on any atom is -0.454 e. The maximum atomic E-state index is 12.9. The van der Waals surface area contributed by atoms with Gasteiger partial charge in [0.15, 0.2) is 11.5 Å². The number of thioether (sulfide) groups is 1. The van der Waals surface area contributed by atoms with Gasteiger partial charge < -0.3 is 14.8 Å². The summed E-state index contributed by atoms with van der Waals surface area (Å²) in [6.07, 6.45) is 0. The SMILES string of the molecule is FS(F)(F)(F)(F)c1cccc(NC(=S)SCc2ccc3c(c2)OCO3)c1. The van der Waals surface area contributed by atoms with Crippen molar-refractivity contribution in [2.24, 2.45) is 0 Å². The first-order chi connectivity index (χ1) is 11.9. The molecule has 1 aliphatic rings. The van der Waals surface area contributed by atoms with Crippen molar-refractivity contribution in [1.29, 1.82) is 0 Å². The van der Waals surface area contributed by atoms with Crippen molar-refractivity contribution in [3.8, 4) is 11.5 Å². The molecule has 11 heteroatoms. The van der Waals surface area contributed by atoms with Gasteiger partial charge in [0.05, 0.1) is 0 Å². The third kappa shape index (κ3) is 4.71. The molecule has 142 valence electrons. The van der Waals surface area contributed by atoms with E-state index in [1.54, 1.807) is 18.2 Å². The van der Waals surface area contributed by atoms with Crippen LogP contribution in [0.4, 0.5) is 25.1 Å². The van der Waals surface area contributed by atoms with Crippen molar-refractivity contribution in [3.63, 3.8) is 0 Å². The van der Waals surface area contributed by atoms with Crippen LogP contribution in [0.25, 0.3) is 0 Å². The summed E-state index contributed by atoms with van der Waals surface area (Å²) in [6, 6.07) is 8.16. The Kier molecular flexibility index (Phi) is 4.32. The molecular weight excluding hydrogens is 417 g/mol. The Labute approximate surface area is 155 Å². The monoisotopic (exact) mass is 429 g/mol. The summed E-state index contributed by atoms with van der Waals surface area (Å²) < 4.78 is 74.9. The molecule has 0 amide bonds. The van der Waals surface area contributed by atoms with E-state index in [0.717, 1.165) is 23.4 Å². The second-order valence-electron chi connectivity index (χ2n) is 5.39. The number of ether oxygens (including phenoxy) is 2. The molecule has 0 aliphatic carbocycles. The molecule has 2 aromatic rings. The Balaban J connectivity index is 1.64. The second-order valence-corrected chi connectivity index (χ2v) is 9.45. The van der Waals surface area contributed by atoms with Gasteiger partial charge in [-0.15, -0.1) is 0 Å². The molecule has 26 heavy (non-hydrogen) atoms. The minimum absolute atomic E-state index is 0.147. The molecule has 1 aliphatic heterocycles. The van der Waals surface area contributed by atoms with Crippen molar-refractivity contribution >= 4 is 44.2 Å². The predicted octanol–water partition coefficient (Wildman–Crippen LogP) is 6.70. The molecule has 0 saturated carbocycles. The van der Waals surface area contributed by atoms with Crippen LogP contribution in [0.1, 0.15) is 5.56 Å². The van der Waals surface area contributed by atoms with Gasteiger partial charge in [-0.3, -0.25) is 0 Å². The van der Waals surface area contributed by atoms with Crippen LogP contribution in [0.15, 0.2) is 47.4 Å². The van der Waals surface area contributed by atoms with Crippen molar-refractivity contribution < 1.29 is 28.9 Å². The summed E-state index contributed by atoms with van der Waals surface area (Å²) in [6.45, 7) is 0.147. The summed E-state index contributed by atoms with van der Waals surface area (Å²) in [5.41, 5.74) is 0.711. The molecule has 0 spiro atoms. The molecule has 0 bridgehead atoms. The molecule has 0 fully saturated rings. The van der Waals surface area contributed by atoms with Gasteiger partial charge in [0.1, 0.15) is 9.22 Å². The fourth-order valence-electron chi connectivity index (χ4n) is 2.15. The van der Waals surface area contributed by atoms with Crippen LogP contribution >= 0.6 is 34.2 Å². The number of fused-ring (bicyclic) bond motifs is 1. The molecule has 3 nitrogen and oxygen atoms in total. The van der Waals surface area contributed by atoms with Gasteiger partial charge in [-0.25, -0.2) is 0 Å². The van der Waals surface area contributed by atoms with Crippen LogP contribution in [0.2, 0.25) is 0 Å². The van der Waals surface area contributed by atoms with Crippen molar-refractivity contribution in [2.45, 2.75) is 10.6 Å². The van der Waals surface area contributed by atoms with Crippen molar-refractivity contribution in [2.75, 3.05) is 12.1 Å². The number of anilines is 1. The lowest BCUT2D eigenvalue weighted by atomic mass is 10.2. The van der Waals surface area contributed by atoms with Crippen molar-refractivity contribution in [1.82, 2.24) is 0 Å². The van der Waals surface area contributed by atoms with E-state index in [0.29, 0.717) is 29.4 Å². The summed E-state index contributed by atoms with van der Waals surface area (Å²) in [7, 11) is -9.72. The zero-order valence-electron chi connectivity index (χ0n) is 12.9. The molecule has 2 aromatic carbocycles. The quantitative estimate of drug-likeness (QED) is 0.432. The first-order valence-electron chi connectivity index (χ1n) is 7.07. The average Bonchev–Trinajstić information content (AvgIpc) is 2.99. The van der Waals surface area contributed by atoms with Crippen LogP contribution in [0, 0.1) is 0 Å². The maximum absolute atomic E-state index is 12.9. The topological polar surface area (TPSA) is 30.5 Å². The van der Waals surface area contributed by atoms with E-state index >= 15 is 0 Å². The Morgan fingerprint density at radius 3 is 2.50 bits per heavy atom. The van der Waals surface area contributed by atoms with Crippen LogP contribution in [0.5, 0.6) is 11.5 Å². The second kappa shape index (κ2) is 5.89. The van der Waals surface area contributed by atoms with Crippen LogP contribution in [0.3, 0.4) is 0 Å². The number of hydrogen-bond donors (Lipinski definition) is 1. The highest BCUT2D eigenvalue weighted by Crippen LogP contribution is 3.02. The summed E-state index contributed by atoms with van der Waals surface area (Å²) >= 11 is 6.21. The van der Waals surface area contributed by atoms with Gasteiger partial charge in [0.2, 0.25) is 6.79 Å². The lowest BCUT2D eigenvalue weighted by Gasteiger charge is -2.40. The number of hydrogen-bond acceptors (Lipinski definition) is 4. The Hall–Kier alpha value is -1.72. The van der Waals surface area contributed by atoms with E-state index in [4.69, 9.17) is 21.7 Å². The Morgan fingerprint density at radius 2 is 1.77 bits per heavy atom. The van der Waals surface area contributed by atoms with Gasteiger partial charge in [-0.05, 0) is 35.9 Å². The molecule has 3 rings (SSSR count). The predicted molar refractivity (Wildman–Crippen MR) is 97.9 cm³/mol. The van der Waals surface area contributed by atoms with Gasteiger partial charge >= 0.3 is 10.2 Å². The molecule has 1 N–H and O–H groups in total. The zero-order chi connectivity index (χ0) is 19.1. The van der Waals surface area contributed by atoms with E-state index in [1.807, 2.05) is 0 Å². The van der Waals surface area contributed by atoms with E-state index in [-0.39, 0.29) is 16.8 Å². The lowest BCUT2D eigenvalue weighted by molar-refractivity contribution is 0.174. The largest absolute Gasteiger partial charge is 0.454 e. The molecular formula is C15H12F5NO2S3. The molecule has 0 saturated heterocycles. The Morgan fingerprint density at radius 1 is 1.04 bits per heavy atom. The zero-order valence-corrected chi connectivity index (χ0v) is 15.3. The summed E-state index contributed by atoms with van der Waals surface area (Å²) in [5.74, 6) is 1.65. The number of thiocarbonyl (C=S) groups is 1. The number of benzene rings is 2. The van der Waals surface area contributed by atoms with Crippen molar-refractivity contribution in [3.05, 3.63) is 48.0 Å². The fourth-order valence-corrected chi connectivity index (χ4v) is 3.79. The van der Waals surface area contributed by atoms with Crippen LogP contribution in [-0.4, -0.2) is 11.1 Å². The smallest absolute Gasteiger partial charge is 0.310 e. The standard InChI is InChI=1S/C15H12F5NO2S3/c16-26(17,18,19,20)12-3-1-2-11(7-12)21-15(24)25-8-10-4-5-13-14(6-10)23-9-22-13/h1-7H,8-9H2,(H,21,24). The first kappa shape index (κ1) is 19.1. The lowest BCUT2D eigenvalue weighted by Crippen LogP contribution is -2.09. The van der Waals surface area contributed by atoms with Gasteiger partial charge in [-0.2, -0.15) is 0 Å². The highest BCUT2D eigenvalue weighted by atomic mass is 32.5. The molecule has 0 radical (unpaired) electrons. The summed E-state index contributed by atoms with van der Waals surface area (Å²) in [5, 5.41) is 2.54. The average molecular weight is 429 g/mol. The normalized spacial score (nSPS) is 15.9. The third-order valence-electron chi connectivity index (χ3n) is 3.33. The molecule has 0 aromatic heterocycles. The van der Waals surface area contributed by atoms with Gasteiger partial charge in [-0.1, -0.05) is 55.5 Å². The van der Waals surface area contributed by atoms with E-state index < -0.39 is 15.1 Å². The third-order valence-corrected chi connectivity index (χ3v) is 5.78. The highest BCUT2D eigenvalue weighted by Gasteiger charge is 2.65. The Bertz CT molecular complexity index is 874. The molecule has 1 heterocycles. The van der Waals surface area contributed by atoms with E-state index in [2.05, 4.69) is 5.32 Å². The minimum atomic E-state index is -9.72. The molecule has 0 atom stereocenters. The first-order valence-corrected chi connectivity index (χ1v) is 10.4. The van der Waals surface area contributed by atoms with E-state index in [9.17, 15) is 19.4 Å². The maximum Gasteiger partial charge on any atom is 0.310 e. The fraction of sp³-hybridized carbons (Fsp3) is 0.133. The number of halogens is 5. The van der Waals surface area contributed by atoms with Gasteiger partial charge in [0.25, 0.3) is 0 Å². The van der Waals surface area contributed by atoms with Crippen LogP contribution in [-0.2, 0) is 5.75 Å². The van der Waals surface area contributed by atoms with E-state index in [1.165, 1.54) is 6.07 Å². The number of nitrogens with one attached hydrogen (secondary N) is 1. The summed E-state index contributed by atoms with van der Waals surface area (Å²) in [4.78, 5) is -1.96. The highest BCUT2D eigenvalue weighted by molar-refractivity contribution is 8.45. The van der Waals surface area contributed by atoms with Gasteiger partial charge in [0, 0.05) is 11.4 Å². The molecule has 0 unspecified atom stereocenters. The van der Waals surface area contributed by atoms with Crippen LogP contribution < -0.4 is 14.8 Å². The number of rotatable bonds is 4.